The highest BCUT2D eigenvalue weighted by Crippen LogP contribution is 2.38. The Morgan fingerprint density at radius 2 is 1.56 bits per heavy atom. The Morgan fingerprint density at radius 1 is 0.840 bits per heavy atom. The third-order valence-corrected chi connectivity index (χ3v) is 4.71. The van der Waals surface area contributed by atoms with Crippen LogP contribution in [-0.2, 0) is 6.54 Å². The molecule has 4 rings (SSSR count). The molecule has 0 aliphatic carbocycles. The minimum atomic E-state index is 0.752. The topological polar surface area (TPSA) is 4.93 Å². The maximum atomic E-state index is 6.29. The number of hydrogen-bond donors (Lipinski definition) is 0. The summed E-state index contributed by atoms with van der Waals surface area (Å²) in [4.78, 5) is 0. The fraction of sp³-hybridized carbons (Fsp3) is 0.0435. The van der Waals surface area contributed by atoms with Crippen molar-refractivity contribution in [3.05, 3.63) is 96.7 Å². The van der Waals surface area contributed by atoms with E-state index in [4.69, 9.17) is 11.6 Å². The average molecular weight is 344 g/mol. The number of halogens is 1. The summed E-state index contributed by atoms with van der Waals surface area (Å²) in [6.07, 6.45) is 4.12. The van der Waals surface area contributed by atoms with Crippen LogP contribution in [0, 0.1) is 0 Å². The highest BCUT2D eigenvalue weighted by molar-refractivity contribution is 6.31. The van der Waals surface area contributed by atoms with E-state index in [9.17, 15) is 0 Å². The van der Waals surface area contributed by atoms with Crippen LogP contribution in [-0.4, -0.2) is 4.57 Å². The van der Waals surface area contributed by atoms with Crippen LogP contribution in [0.15, 0.2) is 91.6 Å². The Bertz CT molecular complexity index is 1040. The van der Waals surface area contributed by atoms with Crippen LogP contribution in [0.5, 0.6) is 0 Å². The largest absolute Gasteiger partial charge is 0.343 e. The van der Waals surface area contributed by atoms with Crippen LogP contribution < -0.4 is 0 Å². The molecule has 0 amide bonds. The Morgan fingerprint density at radius 3 is 2.32 bits per heavy atom. The summed E-state index contributed by atoms with van der Waals surface area (Å²) in [7, 11) is 0. The van der Waals surface area contributed by atoms with Crippen molar-refractivity contribution in [3.8, 4) is 22.3 Å². The molecule has 1 aromatic heterocycles. The Labute approximate surface area is 152 Å². The molecule has 122 valence electrons. The van der Waals surface area contributed by atoms with E-state index in [1.807, 2.05) is 24.3 Å². The molecular weight excluding hydrogens is 326 g/mol. The fourth-order valence-electron chi connectivity index (χ4n) is 3.36. The van der Waals surface area contributed by atoms with E-state index in [0.29, 0.717) is 0 Å². The van der Waals surface area contributed by atoms with E-state index < -0.39 is 0 Å². The maximum absolute atomic E-state index is 6.29. The van der Waals surface area contributed by atoms with E-state index in [1.54, 1.807) is 0 Å². The van der Waals surface area contributed by atoms with Gasteiger partial charge in [0.15, 0.2) is 0 Å². The SMILES string of the molecule is C=CCn1cc(-c2ccccc2-c2ccccc2)c2cc(Cl)ccc21. The van der Waals surface area contributed by atoms with Crippen LogP contribution in [0.25, 0.3) is 33.2 Å². The van der Waals surface area contributed by atoms with Crippen molar-refractivity contribution < 1.29 is 0 Å². The van der Waals surface area contributed by atoms with Gasteiger partial charge in [0.2, 0.25) is 0 Å². The zero-order valence-corrected chi connectivity index (χ0v) is 14.6. The first-order valence-electron chi connectivity index (χ1n) is 8.32. The zero-order valence-electron chi connectivity index (χ0n) is 13.8. The van der Waals surface area contributed by atoms with Gasteiger partial charge in [0, 0.05) is 34.2 Å². The third-order valence-electron chi connectivity index (χ3n) is 4.47. The zero-order chi connectivity index (χ0) is 17.2. The van der Waals surface area contributed by atoms with Gasteiger partial charge in [0.05, 0.1) is 0 Å². The lowest BCUT2D eigenvalue weighted by molar-refractivity contribution is 0.866. The Kier molecular flexibility index (Phi) is 4.17. The van der Waals surface area contributed by atoms with Gasteiger partial charge in [-0.3, -0.25) is 0 Å². The maximum Gasteiger partial charge on any atom is 0.0490 e. The van der Waals surface area contributed by atoms with Gasteiger partial charge in [-0.1, -0.05) is 72.3 Å². The monoisotopic (exact) mass is 343 g/mol. The summed E-state index contributed by atoms with van der Waals surface area (Å²) >= 11 is 6.29. The molecular formula is C23H18ClN. The number of aromatic nitrogens is 1. The average Bonchev–Trinajstić information content (AvgIpc) is 3.00. The smallest absolute Gasteiger partial charge is 0.0490 e. The lowest BCUT2D eigenvalue weighted by Gasteiger charge is -2.09. The molecule has 4 aromatic rings. The van der Waals surface area contributed by atoms with Crippen LogP contribution >= 0.6 is 11.6 Å². The number of benzene rings is 3. The molecule has 0 fully saturated rings. The van der Waals surface area contributed by atoms with E-state index >= 15 is 0 Å². The summed E-state index contributed by atoms with van der Waals surface area (Å²) in [6, 6.07) is 25.1. The molecule has 25 heavy (non-hydrogen) atoms. The molecule has 0 radical (unpaired) electrons. The molecule has 0 aliphatic rings. The van der Waals surface area contributed by atoms with Crippen molar-refractivity contribution in [2.45, 2.75) is 6.54 Å². The van der Waals surface area contributed by atoms with Crippen LogP contribution in [0.4, 0.5) is 0 Å². The summed E-state index contributed by atoms with van der Waals surface area (Å²) in [6.45, 7) is 4.65. The minimum absolute atomic E-state index is 0.752. The van der Waals surface area contributed by atoms with Crippen molar-refractivity contribution in [2.24, 2.45) is 0 Å². The van der Waals surface area contributed by atoms with Crippen molar-refractivity contribution >= 4 is 22.5 Å². The van der Waals surface area contributed by atoms with Crippen molar-refractivity contribution in [1.82, 2.24) is 4.57 Å². The van der Waals surface area contributed by atoms with Gasteiger partial charge in [-0.25, -0.2) is 0 Å². The van der Waals surface area contributed by atoms with Gasteiger partial charge in [-0.05, 0) is 34.9 Å². The summed E-state index contributed by atoms with van der Waals surface area (Å²) < 4.78 is 2.22. The number of hydrogen-bond acceptors (Lipinski definition) is 0. The molecule has 0 atom stereocenters. The van der Waals surface area contributed by atoms with Gasteiger partial charge in [-0.15, -0.1) is 6.58 Å². The normalized spacial score (nSPS) is 10.9. The number of fused-ring (bicyclic) bond motifs is 1. The standard InChI is InChI=1S/C23H18ClN/c1-2-14-25-16-22(21-15-18(24)12-13-23(21)25)20-11-7-6-10-19(20)17-8-4-3-5-9-17/h2-13,15-16H,1,14H2. The van der Waals surface area contributed by atoms with Gasteiger partial charge < -0.3 is 4.57 Å². The fourth-order valence-corrected chi connectivity index (χ4v) is 3.53. The Hall–Kier alpha value is -2.77. The van der Waals surface area contributed by atoms with Crippen molar-refractivity contribution in [3.63, 3.8) is 0 Å². The highest BCUT2D eigenvalue weighted by Gasteiger charge is 2.14. The molecule has 3 aromatic carbocycles. The lowest BCUT2D eigenvalue weighted by Crippen LogP contribution is -1.91. The molecule has 1 heterocycles. The number of rotatable bonds is 4. The van der Waals surface area contributed by atoms with E-state index in [0.717, 1.165) is 17.0 Å². The second-order valence-corrected chi connectivity index (χ2v) is 6.49. The third kappa shape index (κ3) is 2.88. The van der Waals surface area contributed by atoms with Crippen LogP contribution in [0.1, 0.15) is 0 Å². The van der Waals surface area contributed by atoms with E-state index in [-0.39, 0.29) is 0 Å². The summed E-state index contributed by atoms with van der Waals surface area (Å²) in [5.41, 5.74) is 6.01. The summed E-state index contributed by atoms with van der Waals surface area (Å²) in [5, 5.41) is 1.92. The molecule has 0 unspecified atom stereocenters. The molecule has 2 heteroatoms. The van der Waals surface area contributed by atoms with Gasteiger partial charge in [0.1, 0.15) is 0 Å². The highest BCUT2D eigenvalue weighted by atomic mass is 35.5. The quantitative estimate of drug-likeness (QED) is 0.358. The number of allylic oxidation sites excluding steroid dienone is 1. The molecule has 0 aliphatic heterocycles. The Balaban J connectivity index is 2.00. The van der Waals surface area contributed by atoms with Crippen molar-refractivity contribution in [1.29, 1.82) is 0 Å². The second-order valence-electron chi connectivity index (χ2n) is 6.06. The van der Waals surface area contributed by atoms with E-state index in [2.05, 4.69) is 71.9 Å². The first kappa shape index (κ1) is 15.7. The van der Waals surface area contributed by atoms with E-state index in [1.165, 1.54) is 27.8 Å². The van der Waals surface area contributed by atoms with Crippen molar-refractivity contribution in [2.75, 3.05) is 0 Å². The molecule has 1 nitrogen and oxygen atoms in total. The van der Waals surface area contributed by atoms with Gasteiger partial charge in [-0.2, -0.15) is 0 Å². The lowest BCUT2D eigenvalue weighted by atomic mass is 9.94. The van der Waals surface area contributed by atoms with Crippen LogP contribution in [0.3, 0.4) is 0 Å². The predicted octanol–water partition coefficient (Wildman–Crippen LogP) is 6.81. The van der Waals surface area contributed by atoms with Gasteiger partial charge in [0.25, 0.3) is 0 Å². The van der Waals surface area contributed by atoms with Crippen LogP contribution in [0.2, 0.25) is 5.02 Å². The molecule has 0 saturated carbocycles. The first-order valence-corrected chi connectivity index (χ1v) is 8.70. The minimum Gasteiger partial charge on any atom is -0.343 e. The molecule has 0 spiro atoms. The predicted molar refractivity (Wildman–Crippen MR) is 108 cm³/mol. The first-order chi connectivity index (χ1) is 12.3. The molecule has 0 saturated heterocycles. The second kappa shape index (κ2) is 6.62. The molecule has 0 bridgehead atoms. The summed E-state index contributed by atoms with van der Waals surface area (Å²) in [5.74, 6) is 0. The number of nitrogens with zero attached hydrogens (tertiary/aromatic N) is 1. The molecule has 0 N–H and O–H groups in total. The van der Waals surface area contributed by atoms with Gasteiger partial charge >= 0.3 is 0 Å².